The molecular weight excluding hydrogens is 255 g/mol. The van der Waals surface area contributed by atoms with Gasteiger partial charge in [0.05, 0.1) is 12.8 Å². The van der Waals surface area contributed by atoms with Gasteiger partial charge in [0.2, 0.25) is 0 Å². The number of carbonyl (C=O) groups is 3. The van der Waals surface area contributed by atoms with Gasteiger partial charge in [-0.15, -0.1) is 0 Å². The first-order valence-corrected chi connectivity index (χ1v) is 5.25. The monoisotopic (exact) mass is 272 g/mol. The molecule has 1 fully saturated rings. The van der Waals surface area contributed by atoms with E-state index in [2.05, 4.69) is 0 Å². The van der Waals surface area contributed by atoms with E-state index in [9.17, 15) is 14.4 Å². The van der Waals surface area contributed by atoms with Crippen LogP contribution in [0.25, 0.3) is 0 Å². The number of aliphatic carboxylic acids is 3. The zero-order valence-corrected chi connectivity index (χ0v) is 9.66. The Morgan fingerprint density at radius 3 is 1.47 bits per heavy atom. The van der Waals surface area contributed by atoms with Crippen molar-refractivity contribution in [2.45, 2.75) is 31.3 Å². The summed E-state index contributed by atoms with van der Waals surface area (Å²) in [5.41, 5.74) is -2.74. The van der Waals surface area contributed by atoms with Crippen molar-refractivity contribution in [3.8, 4) is 0 Å². The normalized spacial score (nSPS) is 13.7. The molecule has 1 rings (SSSR count). The van der Waals surface area contributed by atoms with Crippen molar-refractivity contribution in [2.75, 3.05) is 13.2 Å². The van der Waals surface area contributed by atoms with Crippen LogP contribution in [-0.2, 0) is 19.1 Å². The number of carboxylic acids is 3. The first-order chi connectivity index (χ1) is 8.28. The second kappa shape index (κ2) is 9.81. The van der Waals surface area contributed by atoms with Crippen molar-refractivity contribution in [1.82, 2.24) is 0 Å². The topological polar surface area (TPSA) is 141 Å². The summed E-state index contributed by atoms with van der Waals surface area (Å²) in [6.45, 7) is 2.00. The van der Waals surface area contributed by atoms with Crippen molar-refractivity contribution in [3.63, 3.8) is 0 Å². The maximum atomic E-state index is 10.3. The van der Waals surface area contributed by atoms with Gasteiger partial charge in [0.25, 0.3) is 0 Å². The summed E-state index contributed by atoms with van der Waals surface area (Å²) in [6.07, 6.45) is 0.267. The molecule has 0 aliphatic carbocycles. The SMILES string of the molecule is C1CCOC1.O=C(O)CC(O)(CC(=O)O)C(=O)O.[LiH]. The number of ether oxygens (including phenoxy) is 1. The average molecular weight is 272 g/mol. The maximum absolute atomic E-state index is 10.3. The number of hydrogen-bond acceptors (Lipinski definition) is 5. The van der Waals surface area contributed by atoms with Crippen LogP contribution in [0.4, 0.5) is 0 Å². The Balaban J connectivity index is 0. The summed E-state index contributed by atoms with van der Waals surface area (Å²) in [7, 11) is 0. The minimum atomic E-state index is -2.74. The molecule has 1 aliphatic rings. The van der Waals surface area contributed by atoms with E-state index in [0.29, 0.717) is 0 Å². The fourth-order valence-corrected chi connectivity index (χ4v) is 1.22. The van der Waals surface area contributed by atoms with Crippen molar-refractivity contribution in [1.29, 1.82) is 0 Å². The van der Waals surface area contributed by atoms with E-state index >= 15 is 0 Å². The Bertz CT molecular complexity index is 289. The van der Waals surface area contributed by atoms with Crippen LogP contribution in [0.15, 0.2) is 0 Å². The number of carboxylic acid groups (broad SMARTS) is 3. The molecule has 0 unspecified atom stereocenters. The molecule has 19 heavy (non-hydrogen) atoms. The molecule has 0 spiro atoms. The van der Waals surface area contributed by atoms with Gasteiger partial charge in [0.15, 0.2) is 5.60 Å². The first kappa shape index (κ1) is 20.2. The van der Waals surface area contributed by atoms with E-state index in [-0.39, 0.29) is 18.9 Å². The van der Waals surface area contributed by atoms with Gasteiger partial charge in [0.1, 0.15) is 0 Å². The third kappa shape index (κ3) is 9.50. The molecular formula is C10H17LiO8. The Kier molecular flexibility index (Phi) is 10.4. The van der Waals surface area contributed by atoms with Crippen LogP contribution in [0.1, 0.15) is 25.7 Å². The van der Waals surface area contributed by atoms with Gasteiger partial charge < -0.3 is 25.2 Å². The zero-order valence-electron chi connectivity index (χ0n) is 9.66. The third-order valence-electron chi connectivity index (χ3n) is 2.11. The molecule has 0 atom stereocenters. The molecule has 4 N–H and O–H groups in total. The van der Waals surface area contributed by atoms with E-state index < -0.39 is 36.4 Å². The van der Waals surface area contributed by atoms with Crippen molar-refractivity contribution < 1.29 is 39.5 Å². The predicted molar refractivity (Wildman–Crippen MR) is 64.3 cm³/mol. The molecule has 1 heterocycles. The fraction of sp³-hybridized carbons (Fsp3) is 0.700. The summed E-state index contributed by atoms with van der Waals surface area (Å²) in [6, 6.07) is 0. The van der Waals surface area contributed by atoms with Crippen molar-refractivity contribution in [3.05, 3.63) is 0 Å². The molecule has 1 saturated heterocycles. The third-order valence-corrected chi connectivity index (χ3v) is 2.11. The molecule has 8 nitrogen and oxygen atoms in total. The van der Waals surface area contributed by atoms with E-state index in [0.717, 1.165) is 13.2 Å². The van der Waals surface area contributed by atoms with E-state index in [1.807, 2.05) is 0 Å². The molecule has 0 aromatic rings. The molecule has 106 valence electrons. The van der Waals surface area contributed by atoms with Gasteiger partial charge in [0, 0.05) is 13.2 Å². The van der Waals surface area contributed by atoms with E-state index in [1.54, 1.807) is 0 Å². The van der Waals surface area contributed by atoms with Gasteiger partial charge in [-0.25, -0.2) is 4.79 Å². The number of aliphatic hydroxyl groups is 1. The summed E-state index contributed by atoms with van der Waals surface area (Å²) in [5, 5.41) is 33.8. The number of rotatable bonds is 5. The van der Waals surface area contributed by atoms with Gasteiger partial charge in [-0.05, 0) is 12.8 Å². The molecule has 0 saturated carbocycles. The van der Waals surface area contributed by atoms with Crippen LogP contribution in [0, 0.1) is 0 Å². The quantitative estimate of drug-likeness (QED) is 0.462. The molecule has 0 radical (unpaired) electrons. The summed E-state index contributed by atoms with van der Waals surface area (Å²) in [5.74, 6) is -5.02. The Hall–Kier alpha value is -1.07. The van der Waals surface area contributed by atoms with Crippen molar-refractivity contribution >= 4 is 36.8 Å². The van der Waals surface area contributed by atoms with Gasteiger partial charge in [-0.3, -0.25) is 9.59 Å². The van der Waals surface area contributed by atoms with Crippen LogP contribution in [0.3, 0.4) is 0 Å². The first-order valence-electron chi connectivity index (χ1n) is 5.25. The second-order valence-corrected chi connectivity index (χ2v) is 3.80. The summed E-state index contributed by atoms with van der Waals surface area (Å²) in [4.78, 5) is 30.5. The average Bonchev–Trinajstić information content (AvgIpc) is 2.71. The number of hydrogen-bond donors (Lipinski definition) is 4. The Morgan fingerprint density at radius 2 is 1.32 bits per heavy atom. The summed E-state index contributed by atoms with van der Waals surface area (Å²) >= 11 is 0. The molecule has 9 heteroatoms. The molecule has 0 aromatic carbocycles. The predicted octanol–water partition coefficient (Wildman–Crippen LogP) is -1.10. The van der Waals surface area contributed by atoms with Crippen LogP contribution < -0.4 is 0 Å². The minimum absolute atomic E-state index is 0. The second-order valence-electron chi connectivity index (χ2n) is 3.80. The molecule has 0 bridgehead atoms. The Morgan fingerprint density at radius 1 is 0.947 bits per heavy atom. The van der Waals surface area contributed by atoms with Gasteiger partial charge in [-0.1, -0.05) is 0 Å². The van der Waals surface area contributed by atoms with Crippen LogP contribution in [0.5, 0.6) is 0 Å². The van der Waals surface area contributed by atoms with Crippen LogP contribution >= 0.6 is 0 Å². The van der Waals surface area contributed by atoms with Crippen molar-refractivity contribution in [2.24, 2.45) is 0 Å². The van der Waals surface area contributed by atoms with E-state index in [4.69, 9.17) is 25.2 Å². The van der Waals surface area contributed by atoms with Crippen LogP contribution in [-0.4, -0.2) is 76.0 Å². The molecule has 0 amide bonds. The van der Waals surface area contributed by atoms with E-state index in [1.165, 1.54) is 12.8 Å². The van der Waals surface area contributed by atoms with Crippen LogP contribution in [0.2, 0.25) is 0 Å². The summed E-state index contributed by atoms with van der Waals surface area (Å²) < 4.78 is 4.94. The standard InChI is InChI=1S/C6H8O7.C4H8O.Li.H/c7-3(8)1-6(13,5(11)12)2-4(9)10;1-2-4-5-3-1;;/h13H,1-2H2,(H,7,8)(H,9,10)(H,11,12);1-4H2;;. The van der Waals surface area contributed by atoms with Gasteiger partial charge in [-0.2, -0.15) is 0 Å². The fourth-order valence-electron chi connectivity index (χ4n) is 1.22. The molecule has 1 aliphatic heterocycles. The molecule has 0 aromatic heterocycles. The Labute approximate surface area is 121 Å². The van der Waals surface area contributed by atoms with Gasteiger partial charge >= 0.3 is 36.8 Å². The zero-order chi connectivity index (χ0) is 14.2.